The average molecular weight is 705 g/mol. The van der Waals surface area contributed by atoms with Gasteiger partial charge in [-0.25, -0.2) is 16.8 Å². The van der Waals surface area contributed by atoms with E-state index in [4.69, 9.17) is 23.1 Å². The Bertz CT molecular complexity index is 2390. The third-order valence-corrected chi connectivity index (χ3v) is 7.85. The Hall–Kier alpha value is -3.55. The first kappa shape index (κ1) is 43.5. The molecular weight excluding hydrogens is 687 g/mol. The number of methoxy groups -OCH3 is 1. The molecule has 16 nitrogen and oxygen atoms in total. The Kier molecular flexibility index (Phi) is 15.9. The molecule has 0 fully saturated rings. The molecule has 0 aliphatic heterocycles. The second kappa shape index (κ2) is 17.9. The van der Waals surface area contributed by atoms with E-state index in [2.05, 4.69) is 26.5 Å². The molecule has 0 atom stereocenters. The molecule has 0 saturated carbocycles. The topological polar surface area (TPSA) is 271 Å². The smallest absolute Gasteiger partial charge is 0.744 e. The van der Waals surface area contributed by atoms with Gasteiger partial charge in [-0.3, -0.25) is 0 Å². The van der Waals surface area contributed by atoms with Gasteiger partial charge in [0, 0.05) is 27.9 Å². The van der Waals surface area contributed by atoms with Gasteiger partial charge in [-0.2, -0.15) is 27.5 Å². The maximum Gasteiger partial charge on any atom is 1.00 e. The first-order valence-electron chi connectivity index (χ1n) is 12.3. The standard InChI is InChI=1S/C27H20N5O8S2.3Li.O3S/c1-40-17-5-3-16(4-6-17)29-30-23-10-11-24(21-13-18(41(34,35)36)7-8-19(21)23)31-32-25-9-2-15-12-26(42(37,38)39)22(28)14-20(15)27(25)33;;;;1-4(2)3/h2-8,10-14,33H,28H2,1H3,(H,34,35,36)(H,37,38,39);;;;/q-1;3*+1;/p-2. The van der Waals surface area contributed by atoms with Gasteiger partial charge >= 0.3 is 67.2 Å². The zero-order valence-electron chi connectivity index (χ0n) is 26.0. The fraction of sp³-hybridized carbons (Fsp3) is 0.0370. The summed E-state index contributed by atoms with van der Waals surface area (Å²) in [4.78, 5) is -1.15. The Labute approximate surface area is 317 Å². The molecular formula is C27H18Li3N5O11S3. The summed E-state index contributed by atoms with van der Waals surface area (Å²) in [5.74, 6) is 0.189. The monoisotopic (exact) mass is 705 g/mol. The van der Waals surface area contributed by atoms with Gasteiger partial charge in [-0.1, -0.05) is 23.6 Å². The summed E-state index contributed by atoms with van der Waals surface area (Å²) in [6.45, 7) is 0. The minimum Gasteiger partial charge on any atom is -0.744 e. The summed E-state index contributed by atoms with van der Waals surface area (Å²) in [6.07, 6.45) is 0. The van der Waals surface area contributed by atoms with Gasteiger partial charge in [0.1, 0.15) is 26.0 Å². The van der Waals surface area contributed by atoms with E-state index in [9.17, 15) is 31.0 Å². The second-order valence-corrected chi connectivity index (χ2v) is 12.1. The van der Waals surface area contributed by atoms with Crippen LogP contribution in [-0.2, 0) is 30.8 Å². The van der Waals surface area contributed by atoms with Gasteiger partial charge in [0.15, 0.2) is 0 Å². The third-order valence-electron chi connectivity index (χ3n) is 6.13. The van der Waals surface area contributed by atoms with Crippen LogP contribution in [0.1, 0.15) is 0 Å². The van der Waals surface area contributed by atoms with Crippen LogP contribution in [0.2, 0.25) is 0 Å². The van der Waals surface area contributed by atoms with Crippen LogP contribution in [-0.4, -0.2) is 50.8 Å². The number of phenols is 1. The zero-order chi connectivity index (χ0) is 33.8. The summed E-state index contributed by atoms with van der Waals surface area (Å²) in [5.41, 5.74) is 6.17. The maximum absolute atomic E-state index is 11.7. The summed E-state index contributed by atoms with van der Waals surface area (Å²) in [7, 11) is -11.2. The first-order valence-corrected chi connectivity index (χ1v) is 16.1. The van der Waals surface area contributed by atoms with Crippen molar-refractivity contribution in [3.05, 3.63) is 78.9 Å². The van der Waals surface area contributed by atoms with Crippen molar-refractivity contribution in [1.82, 2.24) is 0 Å². The van der Waals surface area contributed by atoms with E-state index in [1.807, 2.05) is 0 Å². The molecule has 0 amide bonds. The van der Waals surface area contributed by atoms with Gasteiger partial charge in [0.25, 0.3) is 0 Å². The number of hydrogen-bond donors (Lipinski definition) is 2. The third kappa shape index (κ3) is 11.0. The van der Waals surface area contributed by atoms with Crippen molar-refractivity contribution in [2.24, 2.45) is 20.5 Å². The van der Waals surface area contributed by atoms with Crippen LogP contribution in [0.15, 0.2) is 103 Å². The number of phenolic OH excluding ortho intramolecular Hbond substituents is 1. The number of fused-ring (bicyclic) bond motifs is 2. The molecule has 0 aromatic heterocycles. The Morgan fingerprint density at radius 2 is 1.33 bits per heavy atom. The van der Waals surface area contributed by atoms with Gasteiger partial charge in [-0.15, -0.1) is 23.1 Å². The van der Waals surface area contributed by atoms with Gasteiger partial charge in [-0.05, 0) is 48.5 Å². The van der Waals surface area contributed by atoms with E-state index in [1.165, 1.54) is 25.3 Å². The van der Waals surface area contributed by atoms with Gasteiger partial charge in [0.2, 0.25) is 0 Å². The quantitative estimate of drug-likeness (QED) is 0.0536. The van der Waals surface area contributed by atoms with E-state index in [0.29, 0.717) is 22.5 Å². The van der Waals surface area contributed by atoms with E-state index in [0.717, 1.165) is 24.3 Å². The molecule has 0 bridgehead atoms. The zero-order valence-corrected chi connectivity index (χ0v) is 28.5. The van der Waals surface area contributed by atoms with Crippen molar-refractivity contribution in [2.75, 3.05) is 12.8 Å². The molecule has 0 saturated heterocycles. The molecule has 0 heterocycles. The Morgan fingerprint density at radius 1 is 0.755 bits per heavy atom. The van der Waals surface area contributed by atoms with Gasteiger partial charge < -0.3 is 24.7 Å². The van der Waals surface area contributed by atoms with E-state index in [1.54, 1.807) is 30.3 Å². The number of aromatic hydroxyl groups is 1. The normalized spacial score (nSPS) is 11.2. The summed E-state index contributed by atoms with van der Waals surface area (Å²) >= 11 is 0. The molecule has 0 aliphatic rings. The Morgan fingerprint density at radius 3 is 1.88 bits per heavy atom. The van der Waals surface area contributed by atoms with Crippen LogP contribution >= 0.6 is 0 Å². The number of nitrogens with zero attached hydrogens (tertiary/aromatic N) is 4. The predicted molar refractivity (Wildman–Crippen MR) is 160 cm³/mol. The predicted octanol–water partition coefficient (Wildman–Crippen LogP) is -4.26. The minimum absolute atomic E-state index is 0. The van der Waals surface area contributed by atoms with Crippen molar-refractivity contribution >= 4 is 80.8 Å². The fourth-order valence-corrected chi connectivity index (χ4v) is 5.18. The van der Waals surface area contributed by atoms with Crippen molar-refractivity contribution in [1.29, 1.82) is 0 Å². The maximum atomic E-state index is 11.7. The summed E-state index contributed by atoms with van der Waals surface area (Å²) in [5, 5.41) is 28.2. The van der Waals surface area contributed by atoms with Crippen LogP contribution in [0.3, 0.4) is 0 Å². The largest absolute Gasteiger partial charge is 1.00 e. The number of anilines is 1. The molecule has 5 aromatic rings. The van der Waals surface area contributed by atoms with Crippen molar-refractivity contribution in [3.8, 4) is 11.5 Å². The molecule has 0 unspecified atom stereocenters. The number of rotatable bonds is 7. The number of hydrogen-bond acceptors (Lipinski definition) is 16. The number of ether oxygens (including phenoxy) is 1. The van der Waals surface area contributed by atoms with Crippen LogP contribution in [0.4, 0.5) is 28.4 Å². The van der Waals surface area contributed by atoms with E-state index in [-0.39, 0.29) is 89.8 Å². The van der Waals surface area contributed by atoms with Crippen molar-refractivity contribution in [3.63, 3.8) is 0 Å². The van der Waals surface area contributed by atoms with Crippen LogP contribution < -0.4 is 67.1 Å². The Balaban J connectivity index is 0.00000163. The van der Waals surface area contributed by atoms with Crippen molar-refractivity contribution < 1.29 is 105 Å². The molecule has 49 heavy (non-hydrogen) atoms. The summed E-state index contributed by atoms with van der Waals surface area (Å²) in [6, 6.07) is 19.6. The number of nitrogens with two attached hydrogens (primary N) is 1. The molecule has 5 rings (SSSR count). The minimum atomic E-state index is -4.85. The SMILES string of the molecule is COc1ccc(N=Nc2ccc(N=Nc3[c-]cc4cc(S(=O)(=O)[O-])c(N)cc4c3O)c3cc(S(=O)(=O)[O-])ccc23)cc1.O=S(=O)=O.[Li+].[Li+].[Li+]. The molecule has 3 N–H and O–H groups in total. The van der Waals surface area contributed by atoms with Crippen LogP contribution in [0, 0.1) is 6.07 Å². The van der Waals surface area contributed by atoms with E-state index < -0.39 is 46.4 Å². The van der Waals surface area contributed by atoms with Gasteiger partial charge in [0.05, 0.1) is 34.0 Å². The fourth-order valence-electron chi connectivity index (χ4n) is 4.06. The van der Waals surface area contributed by atoms with E-state index >= 15 is 0 Å². The molecule has 5 aromatic carbocycles. The average Bonchev–Trinajstić information content (AvgIpc) is 2.98. The number of nitrogen functional groups attached to an aromatic ring is 1. The number of benzene rings is 5. The van der Waals surface area contributed by atoms with Crippen molar-refractivity contribution in [2.45, 2.75) is 9.79 Å². The molecule has 0 spiro atoms. The molecule has 0 radical (unpaired) electrons. The number of azo groups is 2. The summed E-state index contributed by atoms with van der Waals surface area (Å²) < 4.78 is 100.0. The second-order valence-electron chi connectivity index (χ2n) is 8.98. The first-order chi connectivity index (χ1) is 21.6. The van der Waals surface area contributed by atoms with Crippen LogP contribution in [0.5, 0.6) is 11.5 Å². The molecule has 22 heteroatoms. The van der Waals surface area contributed by atoms with Crippen LogP contribution in [0.25, 0.3) is 21.5 Å². The molecule has 0 aliphatic carbocycles. The molecule has 238 valence electrons.